The molecule has 0 unspecified atom stereocenters. The van der Waals surface area contributed by atoms with Gasteiger partial charge in [0, 0.05) is 21.8 Å². The van der Waals surface area contributed by atoms with Crippen molar-refractivity contribution in [1.29, 1.82) is 0 Å². The molecule has 0 saturated carbocycles. The topological polar surface area (TPSA) is 91.9 Å². The Morgan fingerprint density at radius 1 is 1.08 bits per heavy atom. The van der Waals surface area contributed by atoms with E-state index in [0.29, 0.717) is 33.2 Å². The summed E-state index contributed by atoms with van der Waals surface area (Å²) in [6, 6.07) is 12.8. The van der Waals surface area contributed by atoms with Gasteiger partial charge in [0.25, 0.3) is 10.0 Å². The average molecular weight is 390 g/mol. The molecule has 3 aromatic rings. The van der Waals surface area contributed by atoms with Crippen LogP contribution in [0.5, 0.6) is 0 Å². The predicted molar refractivity (Wildman–Crippen MR) is 100 cm³/mol. The van der Waals surface area contributed by atoms with Crippen molar-refractivity contribution in [3.8, 4) is 0 Å². The molecule has 0 spiro atoms. The highest BCUT2D eigenvalue weighted by molar-refractivity contribution is 7.92. The van der Waals surface area contributed by atoms with Crippen LogP contribution in [0.3, 0.4) is 0 Å². The highest BCUT2D eigenvalue weighted by Gasteiger charge is 2.22. The van der Waals surface area contributed by atoms with Gasteiger partial charge in [0.2, 0.25) is 0 Å². The van der Waals surface area contributed by atoms with Crippen LogP contribution in [0, 0.1) is 13.8 Å². The molecular weight excluding hydrogens is 374 g/mol. The molecule has 0 aliphatic heterocycles. The molecule has 6 nitrogen and oxygen atoms in total. The summed E-state index contributed by atoms with van der Waals surface area (Å²) in [7, 11) is -3.82. The quantitative estimate of drug-likeness (QED) is 0.650. The number of hydrogen-bond donors (Lipinski definition) is 2. The molecule has 0 fully saturated rings. The third-order valence-electron chi connectivity index (χ3n) is 3.81. The zero-order chi connectivity index (χ0) is 18.9. The first-order chi connectivity index (χ1) is 12.3. The van der Waals surface area contributed by atoms with Crippen LogP contribution in [0.1, 0.15) is 27.3 Å². The van der Waals surface area contributed by atoms with E-state index in [9.17, 15) is 13.2 Å². The van der Waals surface area contributed by atoms with Gasteiger partial charge >= 0.3 is 0 Å². The summed E-state index contributed by atoms with van der Waals surface area (Å²) in [5.41, 5.74) is 1.96. The number of ketones is 1. The number of sulfonamides is 1. The summed E-state index contributed by atoms with van der Waals surface area (Å²) in [4.78, 5) is 12.7. The summed E-state index contributed by atoms with van der Waals surface area (Å²) in [5.74, 6) is -0.224. The largest absolute Gasteiger partial charge is 0.289 e. The molecule has 8 heteroatoms. The van der Waals surface area contributed by atoms with Crippen LogP contribution in [0.25, 0.3) is 0 Å². The fraction of sp³-hybridized carbons (Fsp3) is 0.111. The van der Waals surface area contributed by atoms with Gasteiger partial charge in [0.1, 0.15) is 4.90 Å². The Kier molecular flexibility index (Phi) is 4.84. The summed E-state index contributed by atoms with van der Waals surface area (Å²) in [6.07, 6.45) is 0. The minimum Gasteiger partial charge on any atom is -0.289 e. The highest BCUT2D eigenvalue weighted by Crippen LogP contribution is 2.22. The van der Waals surface area contributed by atoms with Crippen molar-refractivity contribution in [3.05, 3.63) is 76.1 Å². The minimum atomic E-state index is -3.82. The van der Waals surface area contributed by atoms with E-state index in [1.54, 1.807) is 56.3 Å². The lowest BCUT2D eigenvalue weighted by Crippen LogP contribution is -2.15. The van der Waals surface area contributed by atoms with Gasteiger partial charge in [-0.3, -0.25) is 14.6 Å². The molecule has 0 aliphatic carbocycles. The van der Waals surface area contributed by atoms with Gasteiger partial charge in [0.05, 0.1) is 11.4 Å². The second kappa shape index (κ2) is 6.93. The maximum Gasteiger partial charge on any atom is 0.265 e. The van der Waals surface area contributed by atoms with E-state index in [1.165, 1.54) is 6.07 Å². The minimum absolute atomic E-state index is 0.104. The SMILES string of the molecule is Cc1n[nH]c(C)c1S(=O)(=O)Nc1cccc(C(=O)c2ccc(Cl)cc2)c1. The number of aromatic amines is 1. The Hall–Kier alpha value is -2.64. The number of halogens is 1. The first kappa shape index (κ1) is 18.2. The molecule has 0 aliphatic rings. The lowest BCUT2D eigenvalue weighted by Gasteiger charge is -2.09. The molecule has 134 valence electrons. The molecule has 0 saturated heterocycles. The maximum absolute atomic E-state index is 12.6. The van der Waals surface area contributed by atoms with E-state index >= 15 is 0 Å². The van der Waals surface area contributed by atoms with Crippen molar-refractivity contribution in [1.82, 2.24) is 10.2 Å². The molecule has 2 aromatic carbocycles. The number of nitrogens with zero attached hydrogens (tertiary/aromatic N) is 1. The number of carbonyl (C=O) groups is 1. The molecule has 0 amide bonds. The Morgan fingerprint density at radius 2 is 1.77 bits per heavy atom. The van der Waals surface area contributed by atoms with Crippen LogP contribution in [-0.2, 0) is 10.0 Å². The Labute approximate surface area is 156 Å². The van der Waals surface area contributed by atoms with E-state index in [2.05, 4.69) is 14.9 Å². The Morgan fingerprint density at radius 3 is 2.38 bits per heavy atom. The number of benzene rings is 2. The van der Waals surface area contributed by atoms with Crippen molar-refractivity contribution in [3.63, 3.8) is 0 Å². The molecule has 0 atom stereocenters. The second-order valence-corrected chi connectivity index (χ2v) is 7.84. The predicted octanol–water partition coefficient (Wildman–Crippen LogP) is 3.71. The van der Waals surface area contributed by atoms with E-state index in [1.807, 2.05) is 0 Å². The van der Waals surface area contributed by atoms with E-state index in [-0.39, 0.29) is 10.7 Å². The van der Waals surface area contributed by atoms with Crippen LogP contribution < -0.4 is 4.72 Å². The Balaban J connectivity index is 1.90. The number of anilines is 1. The monoisotopic (exact) mass is 389 g/mol. The molecular formula is C18H16ClN3O3S. The van der Waals surface area contributed by atoms with Crippen molar-refractivity contribution in [2.75, 3.05) is 4.72 Å². The fourth-order valence-electron chi connectivity index (χ4n) is 2.63. The number of hydrogen-bond acceptors (Lipinski definition) is 4. The van der Waals surface area contributed by atoms with Crippen molar-refractivity contribution in [2.45, 2.75) is 18.7 Å². The molecule has 2 N–H and O–H groups in total. The second-order valence-electron chi connectivity index (χ2n) is 5.79. The first-order valence-corrected chi connectivity index (χ1v) is 9.59. The zero-order valence-electron chi connectivity index (χ0n) is 14.1. The van der Waals surface area contributed by atoms with Gasteiger partial charge in [-0.05, 0) is 50.2 Å². The number of aryl methyl sites for hydroxylation is 2. The number of aromatic nitrogens is 2. The van der Waals surface area contributed by atoms with Crippen molar-refractivity contribution < 1.29 is 13.2 Å². The number of carbonyl (C=O) groups excluding carboxylic acids is 1. The van der Waals surface area contributed by atoms with Gasteiger partial charge < -0.3 is 0 Å². The van der Waals surface area contributed by atoms with Crippen LogP contribution in [0.4, 0.5) is 5.69 Å². The van der Waals surface area contributed by atoms with Crippen molar-refractivity contribution in [2.24, 2.45) is 0 Å². The number of H-pyrrole nitrogens is 1. The molecule has 1 heterocycles. The Bertz CT molecular complexity index is 1050. The van der Waals surface area contributed by atoms with Crippen LogP contribution >= 0.6 is 11.6 Å². The average Bonchev–Trinajstić information content (AvgIpc) is 2.94. The summed E-state index contributed by atoms with van der Waals surface area (Å²) < 4.78 is 27.7. The smallest absolute Gasteiger partial charge is 0.265 e. The summed E-state index contributed by atoms with van der Waals surface area (Å²) in [6.45, 7) is 3.24. The normalized spacial score (nSPS) is 11.3. The lowest BCUT2D eigenvalue weighted by molar-refractivity contribution is 0.103. The lowest BCUT2D eigenvalue weighted by atomic mass is 10.0. The zero-order valence-corrected chi connectivity index (χ0v) is 15.6. The van der Waals surface area contributed by atoms with Crippen LogP contribution in [0.2, 0.25) is 5.02 Å². The van der Waals surface area contributed by atoms with E-state index < -0.39 is 10.0 Å². The van der Waals surface area contributed by atoms with Gasteiger partial charge in [-0.25, -0.2) is 8.42 Å². The number of rotatable bonds is 5. The standard InChI is InChI=1S/C18H16ClN3O3S/c1-11-18(12(2)21-20-11)26(24,25)22-16-5-3-4-14(10-16)17(23)13-6-8-15(19)9-7-13/h3-10,22H,1-2H3,(H,20,21). The molecule has 26 heavy (non-hydrogen) atoms. The van der Waals surface area contributed by atoms with E-state index in [0.717, 1.165) is 0 Å². The highest BCUT2D eigenvalue weighted by atomic mass is 35.5. The molecule has 0 radical (unpaired) electrons. The van der Waals surface area contributed by atoms with Gasteiger partial charge in [-0.15, -0.1) is 0 Å². The molecule has 1 aromatic heterocycles. The third kappa shape index (κ3) is 3.63. The first-order valence-electron chi connectivity index (χ1n) is 7.72. The third-order valence-corrected chi connectivity index (χ3v) is 5.71. The number of nitrogens with one attached hydrogen (secondary N) is 2. The van der Waals surface area contributed by atoms with Crippen LogP contribution in [0.15, 0.2) is 53.4 Å². The van der Waals surface area contributed by atoms with Crippen LogP contribution in [-0.4, -0.2) is 24.4 Å². The summed E-state index contributed by atoms with van der Waals surface area (Å²) >= 11 is 5.84. The summed E-state index contributed by atoms with van der Waals surface area (Å²) in [5, 5.41) is 7.09. The van der Waals surface area contributed by atoms with Crippen molar-refractivity contribution >= 4 is 33.1 Å². The van der Waals surface area contributed by atoms with Gasteiger partial charge in [0.15, 0.2) is 5.78 Å². The molecule has 3 rings (SSSR count). The molecule has 0 bridgehead atoms. The van der Waals surface area contributed by atoms with Gasteiger partial charge in [-0.2, -0.15) is 5.10 Å². The fourth-order valence-corrected chi connectivity index (χ4v) is 4.18. The maximum atomic E-state index is 12.6. The van der Waals surface area contributed by atoms with Gasteiger partial charge in [-0.1, -0.05) is 23.7 Å². The van der Waals surface area contributed by atoms with E-state index in [4.69, 9.17) is 11.6 Å².